The molecular weight excluding hydrogens is 342 g/mol. The molecule has 8 heteroatoms. The van der Waals surface area contributed by atoms with E-state index in [1.165, 1.54) is 6.33 Å². The van der Waals surface area contributed by atoms with E-state index in [4.69, 9.17) is 0 Å². The average Bonchev–Trinajstić information content (AvgIpc) is 3.43. The van der Waals surface area contributed by atoms with E-state index in [0.29, 0.717) is 5.69 Å². The highest BCUT2D eigenvalue weighted by Crippen LogP contribution is 2.19. The highest BCUT2D eigenvalue weighted by atomic mass is 16.2. The fourth-order valence-electron chi connectivity index (χ4n) is 2.91. The highest BCUT2D eigenvalue weighted by Gasteiger charge is 2.15. The molecule has 3 aromatic heterocycles. The monoisotopic (exact) mass is 361 g/mol. The maximum absolute atomic E-state index is 12.5. The summed E-state index contributed by atoms with van der Waals surface area (Å²) < 4.78 is 3.64. The van der Waals surface area contributed by atoms with E-state index in [1.807, 2.05) is 61.1 Å². The summed E-state index contributed by atoms with van der Waals surface area (Å²) in [6.07, 6.45) is 5.07. The quantitative estimate of drug-likeness (QED) is 0.571. The van der Waals surface area contributed by atoms with Gasteiger partial charge in [-0.25, -0.2) is 9.67 Å². The van der Waals surface area contributed by atoms with Gasteiger partial charge in [0.2, 0.25) is 0 Å². The van der Waals surface area contributed by atoms with Crippen molar-refractivity contribution in [1.82, 2.24) is 34.8 Å². The van der Waals surface area contributed by atoms with Gasteiger partial charge < -0.3 is 9.88 Å². The maximum Gasteiger partial charge on any atom is 0.269 e. The number of amides is 1. The normalized spacial score (nSPS) is 12.1. The molecule has 2 N–H and O–H groups in total. The second-order valence-corrected chi connectivity index (χ2v) is 6.30. The number of H-pyrrole nitrogens is 1. The van der Waals surface area contributed by atoms with E-state index < -0.39 is 0 Å². The first-order valence-electron chi connectivity index (χ1n) is 8.55. The van der Waals surface area contributed by atoms with Crippen molar-refractivity contribution in [3.8, 4) is 17.1 Å². The Morgan fingerprint density at radius 2 is 2.04 bits per heavy atom. The van der Waals surface area contributed by atoms with Crippen molar-refractivity contribution in [1.29, 1.82) is 0 Å². The smallest absolute Gasteiger partial charge is 0.269 e. The van der Waals surface area contributed by atoms with Crippen LogP contribution in [0.3, 0.4) is 0 Å². The van der Waals surface area contributed by atoms with Gasteiger partial charge in [-0.05, 0) is 42.8 Å². The molecule has 1 aromatic carbocycles. The summed E-state index contributed by atoms with van der Waals surface area (Å²) >= 11 is 0. The molecular formula is C19H19N7O. The Labute approximate surface area is 155 Å². The van der Waals surface area contributed by atoms with Crippen molar-refractivity contribution in [2.24, 2.45) is 7.05 Å². The Bertz CT molecular complexity index is 1040. The Kier molecular flexibility index (Phi) is 4.29. The zero-order valence-corrected chi connectivity index (χ0v) is 15.0. The molecule has 4 aromatic rings. The molecule has 1 atom stereocenters. The molecule has 0 saturated carbocycles. The summed E-state index contributed by atoms with van der Waals surface area (Å²) in [4.78, 5) is 16.5. The third-order valence-electron chi connectivity index (χ3n) is 4.45. The van der Waals surface area contributed by atoms with Crippen LogP contribution in [-0.2, 0) is 7.05 Å². The van der Waals surface area contributed by atoms with Crippen LogP contribution in [0.15, 0.2) is 61.3 Å². The number of rotatable bonds is 5. The Balaban J connectivity index is 1.45. The van der Waals surface area contributed by atoms with E-state index in [9.17, 15) is 4.79 Å². The lowest BCUT2D eigenvalue weighted by atomic mass is 10.1. The van der Waals surface area contributed by atoms with Gasteiger partial charge in [0.05, 0.1) is 17.4 Å². The molecule has 8 nitrogen and oxygen atoms in total. The molecule has 0 spiro atoms. The van der Waals surface area contributed by atoms with Gasteiger partial charge in [0.1, 0.15) is 24.0 Å². The summed E-state index contributed by atoms with van der Waals surface area (Å²) in [6.45, 7) is 1.94. The van der Waals surface area contributed by atoms with Crippen LogP contribution in [0.25, 0.3) is 17.1 Å². The van der Waals surface area contributed by atoms with Gasteiger partial charge in [-0.2, -0.15) is 10.2 Å². The summed E-state index contributed by atoms with van der Waals surface area (Å²) in [5, 5.41) is 14.1. The molecule has 136 valence electrons. The van der Waals surface area contributed by atoms with Crippen molar-refractivity contribution in [3.63, 3.8) is 0 Å². The number of aromatic nitrogens is 6. The van der Waals surface area contributed by atoms with Gasteiger partial charge in [0.15, 0.2) is 0 Å². The first-order valence-corrected chi connectivity index (χ1v) is 8.55. The predicted octanol–water partition coefficient (Wildman–Crippen LogP) is 2.49. The standard InChI is InChI=1S/C19H19N7O/c1-13(14-5-7-15(8-6-14)26-12-20-11-21-26)22-19(27)17-10-16(23-24-17)18-4-3-9-25(18)2/h3-13H,1-2H3,(H,22,27)(H,23,24). The van der Waals surface area contributed by atoms with E-state index in [-0.39, 0.29) is 11.9 Å². The number of nitrogens with one attached hydrogen (secondary N) is 2. The lowest BCUT2D eigenvalue weighted by Gasteiger charge is -2.14. The van der Waals surface area contributed by atoms with Gasteiger partial charge in [-0.3, -0.25) is 9.89 Å². The van der Waals surface area contributed by atoms with E-state index in [1.54, 1.807) is 17.1 Å². The van der Waals surface area contributed by atoms with Gasteiger partial charge >= 0.3 is 0 Å². The molecule has 0 saturated heterocycles. The minimum absolute atomic E-state index is 0.149. The third-order valence-corrected chi connectivity index (χ3v) is 4.45. The van der Waals surface area contributed by atoms with Crippen LogP contribution in [0.2, 0.25) is 0 Å². The Morgan fingerprint density at radius 3 is 2.70 bits per heavy atom. The molecule has 1 amide bonds. The second kappa shape index (κ2) is 6.91. The van der Waals surface area contributed by atoms with E-state index in [2.05, 4.69) is 25.6 Å². The molecule has 0 radical (unpaired) electrons. The molecule has 0 aliphatic carbocycles. The molecule has 0 bridgehead atoms. The summed E-state index contributed by atoms with van der Waals surface area (Å²) in [5.41, 5.74) is 4.02. The minimum atomic E-state index is -0.198. The minimum Gasteiger partial charge on any atom is -0.349 e. The fourth-order valence-corrected chi connectivity index (χ4v) is 2.91. The number of aromatic amines is 1. The predicted molar refractivity (Wildman–Crippen MR) is 100 cm³/mol. The lowest BCUT2D eigenvalue weighted by molar-refractivity contribution is 0.0935. The SMILES string of the molecule is CC(NC(=O)c1cc(-c2cccn2C)n[nH]1)c1ccc(-n2cncn2)cc1. The number of hydrogen-bond donors (Lipinski definition) is 2. The number of hydrogen-bond acceptors (Lipinski definition) is 4. The van der Waals surface area contributed by atoms with Gasteiger partial charge in [-0.1, -0.05) is 12.1 Å². The van der Waals surface area contributed by atoms with E-state index >= 15 is 0 Å². The summed E-state index contributed by atoms with van der Waals surface area (Å²) in [7, 11) is 1.94. The molecule has 0 aliphatic heterocycles. The number of carbonyl (C=O) groups is 1. The van der Waals surface area contributed by atoms with Crippen LogP contribution in [-0.4, -0.2) is 35.4 Å². The fraction of sp³-hybridized carbons (Fsp3) is 0.158. The summed E-state index contributed by atoms with van der Waals surface area (Å²) in [5.74, 6) is -0.198. The molecule has 27 heavy (non-hydrogen) atoms. The van der Waals surface area contributed by atoms with Crippen LogP contribution >= 0.6 is 0 Å². The van der Waals surface area contributed by atoms with Crippen LogP contribution in [0.5, 0.6) is 0 Å². The van der Waals surface area contributed by atoms with Crippen molar-refractivity contribution < 1.29 is 4.79 Å². The second-order valence-electron chi connectivity index (χ2n) is 6.30. The van der Waals surface area contributed by atoms with Gasteiger partial charge in [0, 0.05) is 13.2 Å². The average molecular weight is 361 g/mol. The van der Waals surface area contributed by atoms with Crippen molar-refractivity contribution in [2.45, 2.75) is 13.0 Å². The molecule has 3 heterocycles. The van der Waals surface area contributed by atoms with Crippen molar-refractivity contribution in [3.05, 3.63) is 72.6 Å². The third kappa shape index (κ3) is 3.37. The lowest BCUT2D eigenvalue weighted by Crippen LogP contribution is -2.26. The molecule has 1 unspecified atom stereocenters. The van der Waals surface area contributed by atoms with E-state index in [0.717, 1.165) is 22.6 Å². The van der Waals surface area contributed by atoms with Gasteiger partial charge in [-0.15, -0.1) is 0 Å². The molecule has 0 fully saturated rings. The van der Waals surface area contributed by atoms with Crippen molar-refractivity contribution >= 4 is 5.91 Å². The number of aryl methyl sites for hydroxylation is 1. The first kappa shape index (κ1) is 16.8. The largest absolute Gasteiger partial charge is 0.349 e. The molecule has 4 rings (SSSR count). The zero-order chi connectivity index (χ0) is 18.8. The first-order chi connectivity index (χ1) is 13.1. The maximum atomic E-state index is 12.5. The number of nitrogens with zero attached hydrogens (tertiary/aromatic N) is 5. The summed E-state index contributed by atoms with van der Waals surface area (Å²) in [6, 6.07) is 13.3. The van der Waals surface area contributed by atoms with Crippen LogP contribution < -0.4 is 5.32 Å². The van der Waals surface area contributed by atoms with Crippen LogP contribution in [0.1, 0.15) is 29.0 Å². The molecule has 0 aliphatic rings. The Hall–Kier alpha value is -3.68. The zero-order valence-electron chi connectivity index (χ0n) is 15.0. The van der Waals surface area contributed by atoms with Crippen molar-refractivity contribution in [2.75, 3.05) is 0 Å². The highest BCUT2D eigenvalue weighted by molar-refractivity contribution is 5.93. The van der Waals surface area contributed by atoms with Crippen LogP contribution in [0.4, 0.5) is 0 Å². The van der Waals surface area contributed by atoms with Crippen LogP contribution in [0, 0.1) is 0 Å². The topological polar surface area (TPSA) is 93.4 Å². The number of benzene rings is 1. The Morgan fingerprint density at radius 1 is 1.22 bits per heavy atom. The number of carbonyl (C=O) groups excluding carboxylic acids is 1. The van der Waals surface area contributed by atoms with Gasteiger partial charge in [0.25, 0.3) is 5.91 Å².